The number of hydrogen-bond acceptors (Lipinski definition) is 9. The first-order chi connectivity index (χ1) is 12.2. The van der Waals surface area contributed by atoms with Crippen LogP contribution in [0, 0.1) is 10.1 Å². The maximum atomic E-state index is 11.5. The number of aromatic nitrogens is 3. The SMILES string of the molecule is COCCCNc1ncnc(Nc2nc3ccccc3s2)c1[N+](=O)[O-]. The number of benzene rings is 1. The molecule has 9 nitrogen and oxygen atoms in total. The van der Waals surface area contributed by atoms with Crippen molar-refractivity contribution in [1.82, 2.24) is 15.0 Å². The predicted octanol–water partition coefficient (Wildman–Crippen LogP) is 3.19. The van der Waals surface area contributed by atoms with Crippen LogP contribution in [0.25, 0.3) is 10.2 Å². The van der Waals surface area contributed by atoms with Gasteiger partial charge in [0.1, 0.15) is 6.33 Å². The number of nitrogens with zero attached hydrogens (tertiary/aromatic N) is 4. The quantitative estimate of drug-likeness (QED) is 0.357. The molecule has 0 saturated heterocycles. The summed E-state index contributed by atoms with van der Waals surface area (Å²) in [7, 11) is 1.60. The van der Waals surface area contributed by atoms with Gasteiger partial charge in [-0.2, -0.15) is 0 Å². The Morgan fingerprint density at radius 3 is 2.84 bits per heavy atom. The standard InChI is InChI=1S/C15H16N6O3S/c1-24-8-4-7-16-13-12(21(22)23)14(18-9-17-13)20-15-19-10-5-2-3-6-11(10)25-15/h2-3,5-6,9H,4,7-8H2,1H3,(H2,16,17,18,19,20). The Balaban J connectivity index is 1.85. The van der Waals surface area contributed by atoms with E-state index < -0.39 is 4.92 Å². The molecule has 3 aromatic rings. The molecule has 0 radical (unpaired) electrons. The molecule has 0 aliphatic carbocycles. The number of hydrogen-bond donors (Lipinski definition) is 2. The van der Waals surface area contributed by atoms with Gasteiger partial charge in [0.2, 0.25) is 11.6 Å². The third-order valence-electron chi connectivity index (χ3n) is 3.34. The first kappa shape index (κ1) is 17.0. The number of methoxy groups -OCH3 is 1. The van der Waals surface area contributed by atoms with Gasteiger partial charge in [-0.25, -0.2) is 15.0 Å². The largest absolute Gasteiger partial charge is 0.385 e. The molecule has 130 valence electrons. The average Bonchev–Trinajstić information content (AvgIpc) is 3.01. The van der Waals surface area contributed by atoms with Crippen LogP contribution in [-0.4, -0.2) is 40.1 Å². The van der Waals surface area contributed by atoms with Gasteiger partial charge in [0.15, 0.2) is 5.13 Å². The summed E-state index contributed by atoms with van der Waals surface area (Å²) >= 11 is 1.40. The van der Waals surface area contributed by atoms with Gasteiger partial charge >= 0.3 is 5.69 Å². The Hall–Kier alpha value is -2.85. The van der Waals surface area contributed by atoms with Crippen LogP contribution >= 0.6 is 11.3 Å². The fraction of sp³-hybridized carbons (Fsp3) is 0.267. The summed E-state index contributed by atoms with van der Waals surface area (Å²) in [6.07, 6.45) is 1.99. The molecular weight excluding hydrogens is 344 g/mol. The Bertz CT molecular complexity index is 852. The highest BCUT2D eigenvalue weighted by molar-refractivity contribution is 7.22. The van der Waals surface area contributed by atoms with E-state index in [0.717, 1.165) is 10.2 Å². The lowest BCUT2D eigenvalue weighted by Crippen LogP contribution is -2.10. The Morgan fingerprint density at radius 2 is 2.08 bits per heavy atom. The third kappa shape index (κ3) is 3.98. The Labute approximate surface area is 147 Å². The van der Waals surface area contributed by atoms with E-state index in [1.165, 1.54) is 17.7 Å². The molecular formula is C15H16N6O3S. The Morgan fingerprint density at radius 1 is 1.28 bits per heavy atom. The molecule has 2 N–H and O–H groups in total. The van der Waals surface area contributed by atoms with Crippen molar-refractivity contribution >= 4 is 44.0 Å². The second kappa shape index (κ2) is 7.81. The van der Waals surface area contributed by atoms with Gasteiger partial charge in [0, 0.05) is 20.3 Å². The van der Waals surface area contributed by atoms with Crippen molar-refractivity contribution in [3.05, 3.63) is 40.7 Å². The summed E-state index contributed by atoms with van der Waals surface area (Å²) in [4.78, 5) is 23.4. The van der Waals surface area contributed by atoms with E-state index in [1.54, 1.807) is 7.11 Å². The first-order valence-electron chi connectivity index (χ1n) is 7.54. The smallest absolute Gasteiger partial charge is 0.353 e. The normalized spacial score (nSPS) is 10.8. The van der Waals surface area contributed by atoms with E-state index in [1.807, 2.05) is 24.3 Å². The molecule has 0 atom stereocenters. The van der Waals surface area contributed by atoms with Crippen LogP contribution in [0.4, 0.5) is 22.5 Å². The highest BCUT2D eigenvalue weighted by Gasteiger charge is 2.23. The van der Waals surface area contributed by atoms with Crippen molar-refractivity contribution in [3.8, 4) is 0 Å². The highest BCUT2D eigenvalue weighted by Crippen LogP contribution is 2.33. The monoisotopic (exact) mass is 360 g/mol. The number of nitrogens with one attached hydrogen (secondary N) is 2. The Kier molecular flexibility index (Phi) is 5.31. The molecule has 0 amide bonds. The molecule has 25 heavy (non-hydrogen) atoms. The number of rotatable bonds is 8. The molecule has 10 heteroatoms. The van der Waals surface area contributed by atoms with Gasteiger partial charge in [0.05, 0.1) is 15.1 Å². The summed E-state index contributed by atoms with van der Waals surface area (Å²) in [6, 6.07) is 7.63. The van der Waals surface area contributed by atoms with Crippen LogP contribution in [0.15, 0.2) is 30.6 Å². The average molecular weight is 360 g/mol. The van der Waals surface area contributed by atoms with Gasteiger partial charge in [-0.3, -0.25) is 10.1 Å². The number of ether oxygens (including phenoxy) is 1. The van der Waals surface area contributed by atoms with E-state index in [0.29, 0.717) is 24.7 Å². The van der Waals surface area contributed by atoms with E-state index >= 15 is 0 Å². The third-order valence-corrected chi connectivity index (χ3v) is 4.29. The minimum atomic E-state index is -0.506. The van der Waals surface area contributed by atoms with E-state index in [9.17, 15) is 10.1 Å². The van der Waals surface area contributed by atoms with Gasteiger partial charge < -0.3 is 15.4 Å². The molecule has 2 heterocycles. The van der Waals surface area contributed by atoms with E-state index in [4.69, 9.17) is 4.74 Å². The fourth-order valence-corrected chi connectivity index (χ4v) is 3.09. The minimum absolute atomic E-state index is 0.105. The zero-order valence-electron chi connectivity index (χ0n) is 13.4. The van der Waals surface area contributed by atoms with Gasteiger partial charge in [-0.15, -0.1) is 0 Å². The molecule has 0 bridgehead atoms. The second-order valence-electron chi connectivity index (χ2n) is 5.06. The summed E-state index contributed by atoms with van der Waals surface area (Å²) in [6.45, 7) is 1.06. The van der Waals surface area contributed by atoms with Crippen LogP contribution in [0.2, 0.25) is 0 Å². The fourth-order valence-electron chi connectivity index (χ4n) is 2.22. The molecule has 1 aromatic carbocycles. The molecule has 0 aliphatic rings. The lowest BCUT2D eigenvalue weighted by molar-refractivity contribution is -0.383. The first-order valence-corrected chi connectivity index (χ1v) is 8.35. The summed E-state index contributed by atoms with van der Waals surface area (Å²) in [5.74, 6) is 0.271. The van der Waals surface area contributed by atoms with Crippen molar-refractivity contribution in [2.45, 2.75) is 6.42 Å². The van der Waals surface area contributed by atoms with Crippen molar-refractivity contribution in [2.75, 3.05) is 30.9 Å². The van der Waals surface area contributed by atoms with Crippen molar-refractivity contribution in [3.63, 3.8) is 0 Å². The number of nitro groups is 1. The number of thiazole rings is 1. The number of anilines is 3. The number of para-hydroxylation sites is 1. The summed E-state index contributed by atoms with van der Waals surface area (Å²) in [5, 5.41) is 17.9. The topological polar surface area (TPSA) is 115 Å². The molecule has 0 fully saturated rings. The molecule has 0 unspecified atom stereocenters. The highest BCUT2D eigenvalue weighted by atomic mass is 32.1. The van der Waals surface area contributed by atoms with Crippen LogP contribution in [-0.2, 0) is 4.74 Å². The van der Waals surface area contributed by atoms with E-state index in [2.05, 4.69) is 25.6 Å². The summed E-state index contributed by atoms with van der Waals surface area (Å²) < 4.78 is 5.95. The maximum absolute atomic E-state index is 11.5. The molecule has 3 rings (SSSR count). The van der Waals surface area contributed by atoms with Crippen molar-refractivity contribution < 1.29 is 9.66 Å². The lowest BCUT2D eigenvalue weighted by Gasteiger charge is -2.08. The van der Waals surface area contributed by atoms with Crippen LogP contribution in [0.5, 0.6) is 0 Å². The zero-order valence-corrected chi connectivity index (χ0v) is 14.2. The van der Waals surface area contributed by atoms with Crippen molar-refractivity contribution in [2.24, 2.45) is 0 Å². The molecule has 0 saturated carbocycles. The molecule has 0 spiro atoms. The molecule has 2 aromatic heterocycles. The van der Waals surface area contributed by atoms with Crippen LogP contribution in [0.1, 0.15) is 6.42 Å². The van der Waals surface area contributed by atoms with E-state index in [-0.39, 0.29) is 17.3 Å². The lowest BCUT2D eigenvalue weighted by atomic mass is 10.3. The minimum Gasteiger partial charge on any atom is -0.385 e. The predicted molar refractivity (Wildman–Crippen MR) is 96.6 cm³/mol. The maximum Gasteiger partial charge on any atom is 0.353 e. The molecule has 0 aliphatic heterocycles. The summed E-state index contributed by atoms with van der Waals surface area (Å²) in [5.41, 5.74) is 0.615. The van der Waals surface area contributed by atoms with Gasteiger partial charge in [-0.1, -0.05) is 23.5 Å². The van der Waals surface area contributed by atoms with Gasteiger partial charge in [0.25, 0.3) is 0 Å². The van der Waals surface area contributed by atoms with Gasteiger partial charge in [-0.05, 0) is 18.6 Å². The zero-order chi connectivity index (χ0) is 17.6. The van der Waals surface area contributed by atoms with Crippen LogP contribution in [0.3, 0.4) is 0 Å². The second-order valence-corrected chi connectivity index (χ2v) is 6.09. The van der Waals surface area contributed by atoms with Crippen LogP contribution < -0.4 is 10.6 Å². The van der Waals surface area contributed by atoms with Crippen molar-refractivity contribution in [1.29, 1.82) is 0 Å². The number of fused-ring (bicyclic) bond motifs is 1.